The molecule has 3 heteroatoms. The van der Waals surface area contributed by atoms with E-state index in [1.165, 1.54) is 6.42 Å². The van der Waals surface area contributed by atoms with Crippen LogP contribution in [-0.2, 0) is 4.79 Å². The molecule has 0 spiro atoms. The number of nitrogens with one attached hydrogen (secondary N) is 1. The van der Waals surface area contributed by atoms with Crippen LogP contribution in [0.4, 0.5) is 0 Å². The maximum Gasteiger partial charge on any atom is 0.237 e. The lowest BCUT2D eigenvalue weighted by molar-refractivity contribution is -0.126. The molecule has 1 amide bonds. The Morgan fingerprint density at radius 3 is 2.73 bits per heavy atom. The van der Waals surface area contributed by atoms with Crippen LogP contribution >= 0.6 is 0 Å². The summed E-state index contributed by atoms with van der Waals surface area (Å²) in [6.45, 7) is 6.33. The lowest BCUT2D eigenvalue weighted by Crippen LogP contribution is -2.59. The van der Waals surface area contributed by atoms with Crippen molar-refractivity contribution in [3.8, 4) is 0 Å². The third-order valence-electron chi connectivity index (χ3n) is 3.47. The van der Waals surface area contributed by atoms with E-state index in [1.54, 1.807) is 0 Å². The zero-order valence-corrected chi connectivity index (χ0v) is 10.2. The minimum Gasteiger partial charge on any atom is -0.368 e. The van der Waals surface area contributed by atoms with Gasteiger partial charge < -0.3 is 11.1 Å². The largest absolute Gasteiger partial charge is 0.368 e. The Kier molecular flexibility index (Phi) is 4.14. The topological polar surface area (TPSA) is 55.1 Å². The fourth-order valence-corrected chi connectivity index (χ4v) is 2.72. The molecule has 0 aliphatic heterocycles. The van der Waals surface area contributed by atoms with Gasteiger partial charge in [-0.1, -0.05) is 26.2 Å². The van der Waals surface area contributed by atoms with E-state index in [0.29, 0.717) is 12.0 Å². The van der Waals surface area contributed by atoms with Gasteiger partial charge in [0.15, 0.2) is 0 Å². The Balaban J connectivity index is 2.75. The van der Waals surface area contributed by atoms with Crippen molar-refractivity contribution in [2.24, 2.45) is 11.7 Å². The SMILES string of the molecule is CCC1CCCC(NC(C)C)(C(N)=O)C1. The van der Waals surface area contributed by atoms with Crippen LogP contribution in [0.2, 0.25) is 0 Å². The molecule has 1 rings (SSSR count). The molecule has 15 heavy (non-hydrogen) atoms. The van der Waals surface area contributed by atoms with Crippen LogP contribution in [0.5, 0.6) is 0 Å². The second-order valence-corrected chi connectivity index (χ2v) is 5.12. The van der Waals surface area contributed by atoms with E-state index in [0.717, 1.165) is 25.7 Å². The van der Waals surface area contributed by atoms with Crippen LogP contribution in [0.3, 0.4) is 0 Å². The minimum absolute atomic E-state index is 0.172. The standard InChI is InChI=1S/C12H24N2O/c1-4-10-6-5-7-12(8-10,11(13)15)14-9(2)3/h9-10,14H,4-8H2,1-3H3,(H2,13,15). The van der Waals surface area contributed by atoms with Crippen molar-refractivity contribution in [3.63, 3.8) is 0 Å². The van der Waals surface area contributed by atoms with Gasteiger partial charge in [-0.3, -0.25) is 4.79 Å². The predicted molar refractivity (Wildman–Crippen MR) is 62.4 cm³/mol. The summed E-state index contributed by atoms with van der Waals surface area (Å²) >= 11 is 0. The molecule has 0 aromatic heterocycles. The lowest BCUT2D eigenvalue weighted by Gasteiger charge is -2.40. The molecule has 0 radical (unpaired) electrons. The monoisotopic (exact) mass is 212 g/mol. The fraction of sp³-hybridized carbons (Fsp3) is 0.917. The first kappa shape index (κ1) is 12.5. The van der Waals surface area contributed by atoms with Gasteiger partial charge in [0.1, 0.15) is 0 Å². The molecule has 88 valence electrons. The van der Waals surface area contributed by atoms with Gasteiger partial charge in [-0.15, -0.1) is 0 Å². The van der Waals surface area contributed by atoms with Crippen molar-refractivity contribution in [3.05, 3.63) is 0 Å². The van der Waals surface area contributed by atoms with E-state index in [4.69, 9.17) is 5.73 Å². The first-order valence-corrected chi connectivity index (χ1v) is 6.08. The van der Waals surface area contributed by atoms with Gasteiger partial charge in [0.2, 0.25) is 5.91 Å². The highest BCUT2D eigenvalue weighted by atomic mass is 16.1. The maximum absolute atomic E-state index is 11.6. The van der Waals surface area contributed by atoms with E-state index in [9.17, 15) is 4.79 Å². The summed E-state index contributed by atoms with van der Waals surface area (Å²) in [5.74, 6) is 0.479. The molecule has 0 aromatic carbocycles. The lowest BCUT2D eigenvalue weighted by atomic mass is 9.74. The summed E-state index contributed by atoms with van der Waals surface area (Å²) in [6, 6.07) is 0.313. The first-order valence-electron chi connectivity index (χ1n) is 6.08. The van der Waals surface area contributed by atoms with Crippen LogP contribution in [0.25, 0.3) is 0 Å². The van der Waals surface area contributed by atoms with Crippen LogP contribution in [-0.4, -0.2) is 17.5 Å². The van der Waals surface area contributed by atoms with E-state index >= 15 is 0 Å². The van der Waals surface area contributed by atoms with Gasteiger partial charge in [-0.05, 0) is 32.6 Å². The van der Waals surface area contributed by atoms with E-state index < -0.39 is 5.54 Å². The minimum atomic E-state index is -0.437. The highest BCUT2D eigenvalue weighted by molar-refractivity contribution is 5.84. The number of primary amides is 1. The maximum atomic E-state index is 11.6. The van der Waals surface area contributed by atoms with Crippen molar-refractivity contribution in [1.29, 1.82) is 0 Å². The summed E-state index contributed by atoms with van der Waals surface area (Å²) in [5, 5.41) is 3.38. The Bertz CT molecular complexity index is 228. The van der Waals surface area contributed by atoms with Crippen LogP contribution in [0.15, 0.2) is 0 Å². The Morgan fingerprint density at radius 1 is 1.60 bits per heavy atom. The number of carbonyl (C=O) groups excluding carboxylic acids is 1. The summed E-state index contributed by atoms with van der Waals surface area (Å²) in [5.41, 5.74) is 5.13. The molecule has 0 aromatic rings. The second kappa shape index (κ2) is 4.97. The third kappa shape index (κ3) is 2.94. The molecule has 1 saturated carbocycles. The van der Waals surface area contributed by atoms with Crippen molar-refractivity contribution in [2.45, 2.75) is 64.5 Å². The van der Waals surface area contributed by atoms with Gasteiger partial charge in [-0.25, -0.2) is 0 Å². The highest BCUT2D eigenvalue weighted by Gasteiger charge is 2.40. The molecule has 3 nitrogen and oxygen atoms in total. The van der Waals surface area contributed by atoms with Gasteiger partial charge in [-0.2, -0.15) is 0 Å². The van der Waals surface area contributed by atoms with Crippen molar-refractivity contribution >= 4 is 5.91 Å². The molecule has 1 fully saturated rings. The van der Waals surface area contributed by atoms with Gasteiger partial charge in [0.05, 0.1) is 5.54 Å². The van der Waals surface area contributed by atoms with E-state index in [2.05, 4.69) is 26.1 Å². The predicted octanol–water partition coefficient (Wildman–Crippen LogP) is 1.81. The van der Waals surface area contributed by atoms with Crippen LogP contribution < -0.4 is 11.1 Å². The van der Waals surface area contributed by atoms with Crippen molar-refractivity contribution < 1.29 is 4.79 Å². The molecular formula is C12H24N2O. The summed E-state index contributed by atoms with van der Waals surface area (Å²) < 4.78 is 0. The highest BCUT2D eigenvalue weighted by Crippen LogP contribution is 2.34. The van der Waals surface area contributed by atoms with Gasteiger partial charge in [0.25, 0.3) is 0 Å². The zero-order chi connectivity index (χ0) is 11.5. The summed E-state index contributed by atoms with van der Waals surface area (Å²) in [6.07, 6.45) is 5.31. The average Bonchev–Trinajstić information content (AvgIpc) is 2.16. The van der Waals surface area contributed by atoms with Crippen LogP contribution in [0.1, 0.15) is 52.9 Å². The molecule has 1 aliphatic carbocycles. The summed E-state index contributed by atoms with van der Waals surface area (Å²) in [7, 11) is 0. The first-order chi connectivity index (χ1) is 7.00. The van der Waals surface area contributed by atoms with Crippen molar-refractivity contribution in [1.82, 2.24) is 5.32 Å². The third-order valence-corrected chi connectivity index (χ3v) is 3.47. The Hall–Kier alpha value is -0.570. The van der Waals surface area contributed by atoms with Gasteiger partial charge >= 0.3 is 0 Å². The van der Waals surface area contributed by atoms with Crippen LogP contribution in [0, 0.1) is 5.92 Å². The number of rotatable bonds is 4. The molecule has 2 unspecified atom stereocenters. The average molecular weight is 212 g/mol. The molecular weight excluding hydrogens is 188 g/mol. The Morgan fingerprint density at radius 2 is 2.27 bits per heavy atom. The number of hydrogen-bond donors (Lipinski definition) is 2. The number of hydrogen-bond acceptors (Lipinski definition) is 2. The Labute approximate surface area is 92.8 Å². The number of nitrogens with two attached hydrogens (primary N) is 1. The second-order valence-electron chi connectivity index (χ2n) is 5.12. The molecule has 0 saturated heterocycles. The molecule has 0 bridgehead atoms. The van der Waals surface area contributed by atoms with E-state index in [-0.39, 0.29) is 5.91 Å². The molecule has 0 heterocycles. The van der Waals surface area contributed by atoms with E-state index in [1.807, 2.05) is 0 Å². The summed E-state index contributed by atoms with van der Waals surface area (Å²) in [4.78, 5) is 11.6. The molecule has 1 aliphatic rings. The quantitative estimate of drug-likeness (QED) is 0.746. The zero-order valence-electron chi connectivity index (χ0n) is 10.2. The molecule has 3 N–H and O–H groups in total. The van der Waals surface area contributed by atoms with Gasteiger partial charge in [0, 0.05) is 6.04 Å². The number of amides is 1. The molecule has 2 atom stereocenters. The normalized spacial score (nSPS) is 31.9. The fourth-order valence-electron chi connectivity index (χ4n) is 2.72. The number of carbonyl (C=O) groups is 1. The smallest absolute Gasteiger partial charge is 0.237 e. The van der Waals surface area contributed by atoms with Crippen molar-refractivity contribution in [2.75, 3.05) is 0 Å².